The summed E-state index contributed by atoms with van der Waals surface area (Å²) in [6.45, 7) is 5.54. The molecular weight excluding hydrogens is 296 g/mol. The molecule has 0 spiro atoms. The van der Waals surface area contributed by atoms with Crippen LogP contribution in [-0.2, 0) is 4.74 Å². The summed E-state index contributed by atoms with van der Waals surface area (Å²) in [6.07, 6.45) is 0. The van der Waals surface area contributed by atoms with Crippen molar-refractivity contribution in [1.82, 2.24) is 4.90 Å². The molecule has 0 radical (unpaired) electrons. The van der Waals surface area contributed by atoms with Gasteiger partial charge in [0, 0.05) is 32.2 Å². The van der Waals surface area contributed by atoms with Gasteiger partial charge in [-0.1, -0.05) is 6.07 Å². The molecule has 1 aliphatic rings. The lowest BCUT2D eigenvalue weighted by Gasteiger charge is -2.34. The highest BCUT2D eigenvalue weighted by molar-refractivity contribution is 5.93. The number of piperazine rings is 1. The Labute approximate surface area is 134 Å². The number of carbonyl (C=O) groups excluding carboxylic acids is 1. The first kappa shape index (κ1) is 15.6. The van der Waals surface area contributed by atoms with E-state index in [9.17, 15) is 9.59 Å². The SMILES string of the molecule is CCOC(=O)c1cc(=O)c2cccc(N3CCN(C)CC3)c2o1. The number of nitrogens with zero attached hydrogens (tertiary/aromatic N) is 2. The van der Waals surface area contributed by atoms with E-state index in [0.29, 0.717) is 11.0 Å². The smallest absolute Gasteiger partial charge is 0.374 e. The summed E-state index contributed by atoms with van der Waals surface area (Å²) in [5.41, 5.74) is 1.07. The number of likely N-dealkylation sites (N-methyl/N-ethyl adjacent to an activating group) is 1. The highest BCUT2D eigenvalue weighted by atomic mass is 16.5. The molecule has 6 heteroatoms. The molecule has 2 heterocycles. The van der Waals surface area contributed by atoms with Gasteiger partial charge in [-0.3, -0.25) is 4.79 Å². The number of carbonyl (C=O) groups is 1. The van der Waals surface area contributed by atoms with E-state index in [1.165, 1.54) is 6.07 Å². The monoisotopic (exact) mass is 316 g/mol. The van der Waals surface area contributed by atoms with Crippen LogP contribution in [0.1, 0.15) is 17.5 Å². The molecule has 23 heavy (non-hydrogen) atoms. The topological polar surface area (TPSA) is 63.0 Å². The summed E-state index contributed by atoms with van der Waals surface area (Å²) < 4.78 is 10.7. The molecule has 1 saturated heterocycles. The number of hydrogen-bond acceptors (Lipinski definition) is 6. The molecule has 1 fully saturated rings. The molecule has 0 aliphatic carbocycles. The Balaban J connectivity index is 2.08. The lowest BCUT2D eigenvalue weighted by Crippen LogP contribution is -2.44. The zero-order chi connectivity index (χ0) is 16.4. The molecule has 0 N–H and O–H groups in total. The third-order valence-electron chi connectivity index (χ3n) is 4.05. The molecule has 1 aromatic heterocycles. The number of anilines is 1. The van der Waals surface area contributed by atoms with Crippen LogP contribution in [0, 0.1) is 0 Å². The zero-order valence-electron chi connectivity index (χ0n) is 13.4. The third kappa shape index (κ3) is 3.07. The van der Waals surface area contributed by atoms with Crippen molar-refractivity contribution in [3.05, 3.63) is 40.2 Å². The number of benzene rings is 1. The van der Waals surface area contributed by atoms with Gasteiger partial charge in [0.1, 0.15) is 0 Å². The van der Waals surface area contributed by atoms with Crippen LogP contribution in [0.25, 0.3) is 11.0 Å². The van der Waals surface area contributed by atoms with Crippen LogP contribution < -0.4 is 10.3 Å². The van der Waals surface area contributed by atoms with E-state index in [-0.39, 0.29) is 17.8 Å². The van der Waals surface area contributed by atoms with Gasteiger partial charge in [0.05, 0.1) is 17.7 Å². The normalized spacial score (nSPS) is 15.8. The Morgan fingerprint density at radius 1 is 1.26 bits per heavy atom. The van der Waals surface area contributed by atoms with Crippen molar-refractivity contribution in [1.29, 1.82) is 0 Å². The molecule has 0 saturated carbocycles. The molecule has 3 rings (SSSR count). The second kappa shape index (κ2) is 6.42. The third-order valence-corrected chi connectivity index (χ3v) is 4.05. The van der Waals surface area contributed by atoms with E-state index < -0.39 is 5.97 Å². The molecule has 0 amide bonds. The molecule has 0 bridgehead atoms. The summed E-state index contributed by atoms with van der Waals surface area (Å²) in [5.74, 6) is -0.661. The summed E-state index contributed by atoms with van der Waals surface area (Å²) in [6, 6.07) is 6.69. The molecule has 1 aliphatic heterocycles. The lowest BCUT2D eigenvalue weighted by atomic mass is 10.1. The molecule has 0 unspecified atom stereocenters. The Hall–Kier alpha value is -2.34. The number of rotatable bonds is 3. The summed E-state index contributed by atoms with van der Waals surface area (Å²) in [4.78, 5) is 28.6. The molecule has 0 atom stereocenters. The Bertz CT molecular complexity index is 776. The van der Waals surface area contributed by atoms with Crippen molar-refractivity contribution >= 4 is 22.6 Å². The summed E-state index contributed by atoms with van der Waals surface area (Å²) >= 11 is 0. The van der Waals surface area contributed by atoms with E-state index >= 15 is 0 Å². The molecule has 6 nitrogen and oxygen atoms in total. The van der Waals surface area contributed by atoms with Gasteiger partial charge in [0.15, 0.2) is 11.0 Å². The fourth-order valence-electron chi connectivity index (χ4n) is 2.76. The Morgan fingerprint density at radius 3 is 2.70 bits per heavy atom. The van der Waals surface area contributed by atoms with Crippen LogP contribution in [0.3, 0.4) is 0 Å². The van der Waals surface area contributed by atoms with Gasteiger partial charge in [-0.15, -0.1) is 0 Å². The number of fused-ring (bicyclic) bond motifs is 1. The highest BCUT2D eigenvalue weighted by Gasteiger charge is 2.20. The van der Waals surface area contributed by atoms with Crippen molar-refractivity contribution in [3.63, 3.8) is 0 Å². The first-order chi connectivity index (χ1) is 11.1. The van der Waals surface area contributed by atoms with Crippen molar-refractivity contribution in [2.24, 2.45) is 0 Å². The maximum atomic E-state index is 12.3. The predicted octanol–water partition coefficient (Wildman–Crippen LogP) is 1.72. The zero-order valence-corrected chi connectivity index (χ0v) is 13.4. The Morgan fingerprint density at radius 2 is 2.00 bits per heavy atom. The fraction of sp³-hybridized carbons (Fsp3) is 0.412. The van der Waals surface area contributed by atoms with Gasteiger partial charge in [0.25, 0.3) is 0 Å². The minimum absolute atomic E-state index is 0.0501. The second-order valence-corrected chi connectivity index (χ2v) is 5.64. The van der Waals surface area contributed by atoms with E-state index in [2.05, 4.69) is 16.8 Å². The van der Waals surface area contributed by atoms with Gasteiger partial charge < -0.3 is 19.0 Å². The average Bonchev–Trinajstić information content (AvgIpc) is 2.55. The van der Waals surface area contributed by atoms with Gasteiger partial charge in [0.2, 0.25) is 5.76 Å². The van der Waals surface area contributed by atoms with Crippen LogP contribution in [0.5, 0.6) is 0 Å². The number of hydrogen-bond donors (Lipinski definition) is 0. The van der Waals surface area contributed by atoms with Crippen molar-refractivity contribution < 1.29 is 13.9 Å². The number of esters is 1. The molecular formula is C17H20N2O4. The minimum atomic E-state index is -0.611. The van der Waals surface area contributed by atoms with E-state index in [0.717, 1.165) is 31.9 Å². The minimum Gasteiger partial charge on any atom is -0.460 e. The molecule has 1 aromatic carbocycles. The maximum absolute atomic E-state index is 12.3. The standard InChI is InChI=1S/C17H20N2O4/c1-3-22-17(21)15-11-14(20)12-5-4-6-13(16(12)23-15)19-9-7-18(2)8-10-19/h4-6,11H,3,7-10H2,1-2H3. The Kier molecular flexibility index (Phi) is 4.34. The van der Waals surface area contributed by atoms with E-state index in [1.807, 2.05) is 12.1 Å². The summed E-state index contributed by atoms with van der Waals surface area (Å²) in [5, 5.41) is 0.481. The first-order valence-corrected chi connectivity index (χ1v) is 7.77. The fourth-order valence-corrected chi connectivity index (χ4v) is 2.76. The van der Waals surface area contributed by atoms with Crippen LogP contribution in [-0.4, -0.2) is 50.7 Å². The van der Waals surface area contributed by atoms with Crippen molar-refractivity contribution in [3.8, 4) is 0 Å². The summed E-state index contributed by atoms with van der Waals surface area (Å²) in [7, 11) is 2.08. The predicted molar refractivity (Wildman–Crippen MR) is 88.2 cm³/mol. The maximum Gasteiger partial charge on any atom is 0.374 e. The number of para-hydroxylation sites is 1. The van der Waals surface area contributed by atoms with E-state index in [4.69, 9.17) is 9.15 Å². The first-order valence-electron chi connectivity index (χ1n) is 7.77. The van der Waals surface area contributed by atoms with Crippen LogP contribution >= 0.6 is 0 Å². The van der Waals surface area contributed by atoms with Gasteiger partial charge >= 0.3 is 5.97 Å². The average molecular weight is 316 g/mol. The largest absolute Gasteiger partial charge is 0.460 e. The van der Waals surface area contributed by atoms with E-state index in [1.54, 1.807) is 13.0 Å². The van der Waals surface area contributed by atoms with Gasteiger partial charge in [-0.25, -0.2) is 4.79 Å². The second-order valence-electron chi connectivity index (χ2n) is 5.64. The van der Waals surface area contributed by atoms with Crippen LogP contribution in [0.4, 0.5) is 5.69 Å². The number of ether oxygens (including phenoxy) is 1. The van der Waals surface area contributed by atoms with Crippen LogP contribution in [0.2, 0.25) is 0 Å². The lowest BCUT2D eigenvalue weighted by molar-refractivity contribution is 0.0490. The van der Waals surface area contributed by atoms with Gasteiger partial charge in [-0.2, -0.15) is 0 Å². The molecule has 122 valence electrons. The van der Waals surface area contributed by atoms with Crippen molar-refractivity contribution in [2.75, 3.05) is 44.7 Å². The van der Waals surface area contributed by atoms with Crippen molar-refractivity contribution in [2.45, 2.75) is 6.92 Å². The molecule has 2 aromatic rings. The van der Waals surface area contributed by atoms with Crippen LogP contribution in [0.15, 0.2) is 33.5 Å². The van der Waals surface area contributed by atoms with Gasteiger partial charge in [-0.05, 0) is 26.1 Å². The highest BCUT2D eigenvalue weighted by Crippen LogP contribution is 2.27. The quantitative estimate of drug-likeness (QED) is 0.804.